The van der Waals surface area contributed by atoms with Gasteiger partial charge in [-0.05, 0) is 18.6 Å². The summed E-state index contributed by atoms with van der Waals surface area (Å²) >= 11 is 5.57. The molecule has 0 aliphatic rings. The predicted molar refractivity (Wildman–Crippen MR) is 50.8 cm³/mol. The molecule has 0 aromatic heterocycles. The average Bonchev–Trinajstić information content (AvgIpc) is 2.06. The Bertz CT molecular complexity index is 524. The summed E-state index contributed by atoms with van der Waals surface area (Å²) in [7, 11) is -4.89. The molecule has 1 aromatic carbocycles. The SMILES string of the molecule is Cc1cc([N+](=O)[O-])c(S(=O)(=O)[O-])cc1Cl. The Kier molecular flexibility index (Phi) is 2.98. The van der Waals surface area contributed by atoms with Crippen molar-refractivity contribution in [3.05, 3.63) is 32.8 Å². The Labute approximate surface area is 90.4 Å². The van der Waals surface area contributed by atoms with E-state index in [1.54, 1.807) is 0 Å². The maximum absolute atomic E-state index is 10.7. The zero-order valence-electron chi connectivity index (χ0n) is 7.43. The first-order valence-corrected chi connectivity index (χ1v) is 5.42. The zero-order chi connectivity index (χ0) is 11.8. The maximum atomic E-state index is 10.7. The zero-order valence-corrected chi connectivity index (χ0v) is 9.00. The first kappa shape index (κ1) is 11.9. The Morgan fingerprint density at radius 1 is 1.40 bits per heavy atom. The molecule has 15 heavy (non-hydrogen) atoms. The molecule has 0 unspecified atom stereocenters. The molecule has 0 heterocycles. The van der Waals surface area contributed by atoms with Crippen LogP contribution < -0.4 is 0 Å². The fraction of sp³-hybridized carbons (Fsp3) is 0.143. The number of nitrogens with zero attached hydrogens (tertiary/aromatic N) is 1. The van der Waals surface area contributed by atoms with Crippen molar-refractivity contribution in [1.29, 1.82) is 0 Å². The van der Waals surface area contributed by atoms with Crippen LogP contribution in [0, 0.1) is 17.0 Å². The molecule has 0 bridgehead atoms. The van der Waals surface area contributed by atoms with Gasteiger partial charge in [-0.15, -0.1) is 0 Å². The highest BCUT2D eigenvalue weighted by Gasteiger charge is 2.20. The molecule has 0 radical (unpaired) electrons. The quantitative estimate of drug-likeness (QED) is 0.449. The summed E-state index contributed by atoms with van der Waals surface area (Å²) in [6.07, 6.45) is 0. The summed E-state index contributed by atoms with van der Waals surface area (Å²) in [6.45, 7) is 1.47. The number of nitro benzene ring substituents is 1. The van der Waals surface area contributed by atoms with Gasteiger partial charge in [-0.2, -0.15) is 0 Å². The fourth-order valence-corrected chi connectivity index (χ4v) is 1.87. The van der Waals surface area contributed by atoms with Crippen molar-refractivity contribution in [2.45, 2.75) is 11.8 Å². The van der Waals surface area contributed by atoms with Gasteiger partial charge in [0.25, 0.3) is 5.69 Å². The summed E-state index contributed by atoms with van der Waals surface area (Å²) in [5, 5.41) is 10.5. The molecule has 0 N–H and O–H groups in total. The van der Waals surface area contributed by atoms with Gasteiger partial charge in [0.2, 0.25) is 0 Å². The smallest absolute Gasteiger partial charge is 0.287 e. The Hall–Kier alpha value is -1.18. The van der Waals surface area contributed by atoms with Gasteiger partial charge in [-0.25, -0.2) is 8.42 Å². The van der Waals surface area contributed by atoms with Crippen LogP contribution in [0.5, 0.6) is 0 Å². The van der Waals surface area contributed by atoms with E-state index in [0.29, 0.717) is 5.56 Å². The molecule has 0 saturated heterocycles. The Morgan fingerprint density at radius 2 is 1.93 bits per heavy atom. The lowest BCUT2D eigenvalue weighted by Crippen LogP contribution is -2.04. The molecule has 1 aromatic rings. The van der Waals surface area contributed by atoms with Crippen molar-refractivity contribution in [3.8, 4) is 0 Å². The molecule has 0 fully saturated rings. The van der Waals surface area contributed by atoms with E-state index in [-0.39, 0.29) is 5.02 Å². The summed E-state index contributed by atoms with van der Waals surface area (Å²) in [4.78, 5) is 8.64. The van der Waals surface area contributed by atoms with Gasteiger partial charge in [0.1, 0.15) is 15.0 Å². The van der Waals surface area contributed by atoms with Crippen LogP contribution in [0.3, 0.4) is 0 Å². The molecule has 0 spiro atoms. The molecule has 0 atom stereocenters. The molecule has 6 nitrogen and oxygen atoms in total. The van der Waals surface area contributed by atoms with Crippen molar-refractivity contribution in [2.24, 2.45) is 0 Å². The van der Waals surface area contributed by atoms with Crippen LogP contribution in [0.15, 0.2) is 17.0 Å². The fourth-order valence-electron chi connectivity index (χ4n) is 0.991. The summed E-state index contributed by atoms with van der Waals surface area (Å²) in [5.74, 6) is 0. The standard InChI is InChI=1S/C7H6ClNO5S/c1-4-2-6(9(10)11)7(3-5(4)8)15(12,13)14/h2-3H,1H3,(H,12,13,14)/p-1. The van der Waals surface area contributed by atoms with Gasteiger partial charge < -0.3 is 4.55 Å². The molecular formula is C7H5ClNO5S-. The van der Waals surface area contributed by atoms with E-state index >= 15 is 0 Å². The highest BCUT2D eigenvalue weighted by Crippen LogP contribution is 2.29. The van der Waals surface area contributed by atoms with Crippen LogP contribution in [0.1, 0.15) is 5.56 Å². The van der Waals surface area contributed by atoms with Crippen molar-refractivity contribution in [3.63, 3.8) is 0 Å². The average molecular weight is 251 g/mol. The largest absolute Gasteiger partial charge is 0.744 e. The van der Waals surface area contributed by atoms with Crippen LogP contribution >= 0.6 is 11.6 Å². The van der Waals surface area contributed by atoms with E-state index in [4.69, 9.17) is 11.6 Å². The van der Waals surface area contributed by atoms with Crippen LogP contribution in [0.25, 0.3) is 0 Å². The second-order valence-corrected chi connectivity index (χ2v) is 4.54. The van der Waals surface area contributed by atoms with Gasteiger partial charge in [0, 0.05) is 11.1 Å². The third-order valence-electron chi connectivity index (χ3n) is 1.71. The van der Waals surface area contributed by atoms with E-state index in [1.165, 1.54) is 6.92 Å². The number of benzene rings is 1. The van der Waals surface area contributed by atoms with Crippen molar-refractivity contribution < 1.29 is 17.9 Å². The first-order chi connectivity index (χ1) is 6.73. The summed E-state index contributed by atoms with van der Waals surface area (Å²) in [5.41, 5.74) is -0.428. The molecule has 0 amide bonds. The molecule has 1 rings (SSSR count). The molecule has 82 valence electrons. The van der Waals surface area contributed by atoms with E-state index in [0.717, 1.165) is 12.1 Å². The molecular weight excluding hydrogens is 246 g/mol. The van der Waals surface area contributed by atoms with Gasteiger partial charge in [-0.1, -0.05) is 11.6 Å². The minimum atomic E-state index is -4.89. The molecule has 0 aliphatic carbocycles. The number of aryl methyl sites for hydroxylation is 1. The van der Waals surface area contributed by atoms with Crippen LogP contribution in [0.2, 0.25) is 5.02 Å². The monoisotopic (exact) mass is 250 g/mol. The number of halogens is 1. The summed E-state index contributed by atoms with van der Waals surface area (Å²) < 4.78 is 32.1. The number of rotatable bonds is 2. The predicted octanol–water partition coefficient (Wildman–Crippen LogP) is 1.46. The molecule has 0 saturated carbocycles. The first-order valence-electron chi connectivity index (χ1n) is 3.64. The topological polar surface area (TPSA) is 100 Å². The second kappa shape index (κ2) is 3.76. The maximum Gasteiger partial charge on any atom is 0.287 e. The van der Waals surface area contributed by atoms with Crippen LogP contribution in [0.4, 0.5) is 5.69 Å². The van der Waals surface area contributed by atoms with Crippen molar-refractivity contribution >= 4 is 27.4 Å². The molecule has 0 aliphatic heterocycles. The van der Waals surface area contributed by atoms with Gasteiger partial charge >= 0.3 is 0 Å². The second-order valence-electron chi connectivity index (χ2n) is 2.78. The lowest BCUT2D eigenvalue weighted by Gasteiger charge is -2.09. The van der Waals surface area contributed by atoms with Crippen molar-refractivity contribution in [1.82, 2.24) is 0 Å². The normalized spacial score (nSPS) is 11.4. The van der Waals surface area contributed by atoms with E-state index in [9.17, 15) is 23.1 Å². The third-order valence-corrected chi connectivity index (χ3v) is 2.98. The van der Waals surface area contributed by atoms with Crippen molar-refractivity contribution in [2.75, 3.05) is 0 Å². The number of hydrogen-bond acceptors (Lipinski definition) is 5. The third kappa shape index (κ3) is 2.44. The van der Waals surface area contributed by atoms with E-state index in [2.05, 4.69) is 0 Å². The van der Waals surface area contributed by atoms with Gasteiger partial charge in [0.05, 0.1) is 4.92 Å². The molecule has 8 heteroatoms. The summed E-state index contributed by atoms with van der Waals surface area (Å²) in [6, 6.07) is 1.74. The number of nitro groups is 1. The lowest BCUT2D eigenvalue weighted by atomic mass is 10.2. The minimum absolute atomic E-state index is 0.00461. The van der Waals surface area contributed by atoms with Crippen LogP contribution in [-0.2, 0) is 10.1 Å². The number of hydrogen-bond donors (Lipinski definition) is 0. The van der Waals surface area contributed by atoms with Crippen LogP contribution in [-0.4, -0.2) is 17.9 Å². The van der Waals surface area contributed by atoms with E-state index < -0.39 is 25.6 Å². The minimum Gasteiger partial charge on any atom is -0.744 e. The Balaban J connectivity index is 3.64. The highest BCUT2D eigenvalue weighted by molar-refractivity contribution is 7.85. The van der Waals surface area contributed by atoms with E-state index in [1.807, 2.05) is 0 Å². The lowest BCUT2D eigenvalue weighted by molar-refractivity contribution is -0.387. The Morgan fingerprint density at radius 3 is 2.33 bits per heavy atom. The van der Waals surface area contributed by atoms with Gasteiger partial charge in [-0.3, -0.25) is 10.1 Å². The van der Waals surface area contributed by atoms with Gasteiger partial charge in [0.15, 0.2) is 0 Å². The highest BCUT2D eigenvalue weighted by atomic mass is 35.5.